The van der Waals surface area contributed by atoms with Crippen molar-refractivity contribution in [1.29, 1.82) is 0 Å². The standard InChI is InChI=1S/C20H25ClN2S/c1-12(2)15-8-6-9-16(13(3)4)19(15)23-20(24)22-18-11-7-10-17(21)14(18)5/h6-13H,1-5H3,(H2,22,23,24). The van der Waals surface area contributed by atoms with Gasteiger partial charge in [-0.1, -0.05) is 63.6 Å². The summed E-state index contributed by atoms with van der Waals surface area (Å²) in [6.07, 6.45) is 0. The number of benzene rings is 2. The molecule has 2 aromatic rings. The Hall–Kier alpha value is -1.58. The van der Waals surface area contributed by atoms with Gasteiger partial charge in [-0.2, -0.15) is 0 Å². The zero-order chi connectivity index (χ0) is 17.9. The third-order valence-corrected chi connectivity index (χ3v) is 4.74. The van der Waals surface area contributed by atoms with E-state index in [1.807, 2.05) is 25.1 Å². The lowest BCUT2D eigenvalue weighted by molar-refractivity contribution is 0.839. The van der Waals surface area contributed by atoms with Crippen LogP contribution in [0.4, 0.5) is 11.4 Å². The van der Waals surface area contributed by atoms with Crippen LogP contribution in [0, 0.1) is 6.92 Å². The molecule has 0 atom stereocenters. The number of halogens is 1. The summed E-state index contributed by atoms with van der Waals surface area (Å²) in [5.74, 6) is 0.837. The SMILES string of the molecule is Cc1c(Cl)cccc1NC(=S)Nc1c(C(C)C)cccc1C(C)C. The summed E-state index contributed by atoms with van der Waals surface area (Å²) in [4.78, 5) is 0. The topological polar surface area (TPSA) is 24.1 Å². The van der Waals surface area contributed by atoms with Gasteiger partial charge in [-0.3, -0.25) is 0 Å². The molecule has 0 heterocycles. The summed E-state index contributed by atoms with van der Waals surface area (Å²) in [5.41, 5.74) is 5.57. The monoisotopic (exact) mass is 360 g/mol. The van der Waals surface area contributed by atoms with E-state index in [0.29, 0.717) is 16.9 Å². The van der Waals surface area contributed by atoms with Crippen LogP contribution in [0.5, 0.6) is 0 Å². The van der Waals surface area contributed by atoms with Gasteiger partial charge < -0.3 is 10.6 Å². The Balaban J connectivity index is 2.30. The first-order valence-electron chi connectivity index (χ1n) is 8.27. The smallest absolute Gasteiger partial charge is 0.175 e. The molecule has 0 bridgehead atoms. The number of anilines is 2. The number of hydrogen-bond donors (Lipinski definition) is 2. The molecule has 24 heavy (non-hydrogen) atoms. The lowest BCUT2D eigenvalue weighted by Crippen LogP contribution is -2.22. The largest absolute Gasteiger partial charge is 0.332 e. The van der Waals surface area contributed by atoms with Crippen molar-refractivity contribution in [2.75, 3.05) is 10.6 Å². The van der Waals surface area contributed by atoms with E-state index in [2.05, 4.69) is 56.5 Å². The van der Waals surface area contributed by atoms with Crippen molar-refractivity contribution in [2.24, 2.45) is 0 Å². The van der Waals surface area contributed by atoms with Gasteiger partial charge in [0.1, 0.15) is 0 Å². The molecule has 0 aliphatic carbocycles. The molecule has 2 nitrogen and oxygen atoms in total. The molecule has 0 fully saturated rings. The second-order valence-electron chi connectivity index (χ2n) is 6.61. The predicted octanol–water partition coefficient (Wildman–Crippen LogP) is 6.70. The van der Waals surface area contributed by atoms with Gasteiger partial charge in [0.25, 0.3) is 0 Å². The Morgan fingerprint density at radius 2 is 1.46 bits per heavy atom. The fraction of sp³-hybridized carbons (Fsp3) is 0.350. The van der Waals surface area contributed by atoms with Gasteiger partial charge in [-0.25, -0.2) is 0 Å². The van der Waals surface area contributed by atoms with Crippen LogP contribution in [-0.2, 0) is 0 Å². The fourth-order valence-electron chi connectivity index (χ4n) is 2.71. The molecule has 4 heteroatoms. The van der Waals surface area contributed by atoms with Crippen LogP contribution in [-0.4, -0.2) is 5.11 Å². The lowest BCUT2D eigenvalue weighted by atomic mass is 9.93. The van der Waals surface area contributed by atoms with Gasteiger partial charge in [-0.05, 0) is 59.8 Å². The first-order chi connectivity index (χ1) is 11.3. The van der Waals surface area contributed by atoms with Crippen LogP contribution in [0.2, 0.25) is 5.02 Å². The van der Waals surface area contributed by atoms with Crippen LogP contribution in [0.1, 0.15) is 56.2 Å². The van der Waals surface area contributed by atoms with Crippen molar-refractivity contribution in [1.82, 2.24) is 0 Å². The highest BCUT2D eigenvalue weighted by Gasteiger charge is 2.15. The maximum Gasteiger partial charge on any atom is 0.175 e. The molecule has 0 aliphatic heterocycles. The molecule has 128 valence electrons. The minimum Gasteiger partial charge on any atom is -0.332 e. The average Bonchev–Trinajstić information content (AvgIpc) is 2.51. The van der Waals surface area contributed by atoms with E-state index in [9.17, 15) is 0 Å². The quantitative estimate of drug-likeness (QED) is 0.593. The van der Waals surface area contributed by atoms with Crippen molar-refractivity contribution in [3.8, 4) is 0 Å². The van der Waals surface area contributed by atoms with E-state index in [1.165, 1.54) is 11.1 Å². The van der Waals surface area contributed by atoms with E-state index >= 15 is 0 Å². The summed E-state index contributed by atoms with van der Waals surface area (Å²) < 4.78 is 0. The second kappa shape index (κ2) is 8.00. The van der Waals surface area contributed by atoms with Crippen molar-refractivity contribution < 1.29 is 0 Å². The van der Waals surface area contributed by atoms with Gasteiger partial charge in [-0.15, -0.1) is 0 Å². The Morgan fingerprint density at radius 3 is 2.00 bits per heavy atom. The number of nitrogens with one attached hydrogen (secondary N) is 2. The molecule has 0 radical (unpaired) electrons. The Bertz CT molecular complexity index is 712. The van der Waals surface area contributed by atoms with Gasteiger partial charge in [0.2, 0.25) is 0 Å². The van der Waals surface area contributed by atoms with Gasteiger partial charge in [0, 0.05) is 16.4 Å². The minimum atomic E-state index is 0.418. The predicted molar refractivity (Wildman–Crippen MR) is 111 cm³/mol. The molecule has 2 N–H and O–H groups in total. The molecule has 0 unspecified atom stereocenters. The zero-order valence-corrected chi connectivity index (χ0v) is 16.5. The molecule has 0 saturated carbocycles. The maximum absolute atomic E-state index is 6.19. The molecule has 0 spiro atoms. The molecular formula is C20H25ClN2S. The van der Waals surface area contributed by atoms with E-state index in [1.54, 1.807) is 0 Å². The lowest BCUT2D eigenvalue weighted by Gasteiger charge is -2.22. The first-order valence-corrected chi connectivity index (χ1v) is 9.05. The highest BCUT2D eigenvalue weighted by Crippen LogP contribution is 2.32. The van der Waals surface area contributed by atoms with Crippen LogP contribution < -0.4 is 10.6 Å². The van der Waals surface area contributed by atoms with Crippen molar-refractivity contribution in [3.05, 3.63) is 58.1 Å². The Labute approximate surface area is 155 Å². The van der Waals surface area contributed by atoms with Gasteiger partial charge >= 0.3 is 0 Å². The summed E-state index contributed by atoms with van der Waals surface area (Å²) in [6.45, 7) is 10.8. The highest BCUT2D eigenvalue weighted by molar-refractivity contribution is 7.80. The number of para-hydroxylation sites is 1. The molecule has 0 aliphatic rings. The van der Waals surface area contributed by atoms with Crippen molar-refractivity contribution >= 4 is 40.3 Å². The third-order valence-electron chi connectivity index (χ3n) is 4.13. The fourth-order valence-corrected chi connectivity index (χ4v) is 3.09. The number of thiocarbonyl (C=S) groups is 1. The molecule has 2 aromatic carbocycles. The van der Waals surface area contributed by atoms with Crippen LogP contribution in [0.3, 0.4) is 0 Å². The van der Waals surface area contributed by atoms with E-state index in [-0.39, 0.29) is 0 Å². The van der Waals surface area contributed by atoms with Crippen LogP contribution in [0.25, 0.3) is 0 Å². The number of hydrogen-bond acceptors (Lipinski definition) is 1. The second-order valence-corrected chi connectivity index (χ2v) is 7.43. The zero-order valence-electron chi connectivity index (χ0n) is 14.9. The normalized spacial score (nSPS) is 11.0. The Kier molecular flexibility index (Phi) is 6.25. The minimum absolute atomic E-state index is 0.418. The van der Waals surface area contributed by atoms with Crippen LogP contribution >= 0.6 is 23.8 Å². The van der Waals surface area contributed by atoms with Crippen molar-refractivity contribution in [3.63, 3.8) is 0 Å². The maximum atomic E-state index is 6.19. The molecule has 0 amide bonds. The number of rotatable bonds is 4. The summed E-state index contributed by atoms with van der Waals surface area (Å²) in [5, 5.41) is 7.99. The molecule has 2 rings (SSSR count). The van der Waals surface area contributed by atoms with E-state index in [0.717, 1.165) is 22.0 Å². The van der Waals surface area contributed by atoms with E-state index < -0.39 is 0 Å². The van der Waals surface area contributed by atoms with Crippen LogP contribution in [0.15, 0.2) is 36.4 Å². The third kappa shape index (κ3) is 4.28. The average molecular weight is 361 g/mol. The Morgan fingerprint density at radius 1 is 0.917 bits per heavy atom. The van der Waals surface area contributed by atoms with Crippen molar-refractivity contribution in [2.45, 2.75) is 46.5 Å². The highest BCUT2D eigenvalue weighted by atomic mass is 35.5. The first kappa shape index (κ1) is 18.8. The van der Waals surface area contributed by atoms with Gasteiger partial charge in [0.05, 0.1) is 0 Å². The summed E-state index contributed by atoms with van der Waals surface area (Å²) in [7, 11) is 0. The summed E-state index contributed by atoms with van der Waals surface area (Å²) in [6, 6.07) is 12.2. The van der Waals surface area contributed by atoms with E-state index in [4.69, 9.17) is 23.8 Å². The molecular weight excluding hydrogens is 336 g/mol. The van der Waals surface area contributed by atoms with Gasteiger partial charge in [0.15, 0.2) is 5.11 Å². The molecule has 0 saturated heterocycles. The summed E-state index contributed by atoms with van der Waals surface area (Å²) >= 11 is 11.7. The molecule has 0 aromatic heterocycles.